The third-order valence-electron chi connectivity index (χ3n) is 3.66. The van der Waals surface area contributed by atoms with E-state index in [2.05, 4.69) is 46.4 Å². The fraction of sp³-hybridized carbons (Fsp3) is 0.250. The zero-order valence-electron chi connectivity index (χ0n) is 10.8. The monoisotopic (exact) mass is 317 g/mol. The number of halogens is 1. The lowest BCUT2D eigenvalue weighted by atomic mass is 10.1. The van der Waals surface area contributed by atoms with Gasteiger partial charge in [-0.1, -0.05) is 12.1 Å². The van der Waals surface area contributed by atoms with Gasteiger partial charge in [0.25, 0.3) is 0 Å². The van der Waals surface area contributed by atoms with Crippen molar-refractivity contribution in [2.45, 2.75) is 25.8 Å². The summed E-state index contributed by atoms with van der Waals surface area (Å²) in [5, 5.41) is 13.1. The van der Waals surface area contributed by atoms with Crippen molar-refractivity contribution in [1.82, 2.24) is 0 Å². The van der Waals surface area contributed by atoms with Crippen molar-refractivity contribution in [2.75, 3.05) is 5.32 Å². The molecule has 0 bridgehead atoms. The van der Waals surface area contributed by atoms with E-state index < -0.39 is 0 Å². The molecule has 0 amide bonds. The number of hydrogen-bond donors (Lipinski definition) is 2. The average molecular weight is 318 g/mol. The van der Waals surface area contributed by atoms with Crippen molar-refractivity contribution in [3.05, 3.63) is 57.6 Å². The average Bonchev–Trinajstić information content (AvgIpc) is 2.75. The van der Waals surface area contributed by atoms with Gasteiger partial charge in [0.15, 0.2) is 0 Å². The molecule has 0 radical (unpaired) electrons. The number of hydrogen-bond acceptors (Lipinski definition) is 2. The Labute approximate surface area is 121 Å². The summed E-state index contributed by atoms with van der Waals surface area (Å²) in [6.07, 6.45) is 2.09. The summed E-state index contributed by atoms with van der Waals surface area (Å²) < 4.78 is 1.10. The van der Waals surface area contributed by atoms with E-state index in [1.54, 1.807) is 6.07 Å². The minimum Gasteiger partial charge on any atom is -0.508 e. The number of fused-ring (bicyclic) bond motifs is 1. The number of aryl methyl sites for hydroxylation is 2. The van der Waals surface area contributed by atoms with E-state index in [1.807, 2.05) is 12.1 Å². The molecule has 19 heavy (non-hydrogen) atoms. The number of nitrogens with one attached hydrogen (secondary N) is 1. The highest BCUT2D eigenvalue weighted by molar-refractivity contribution is 9.10. The summed E-state index contributed by atoms with van der Waals surface area (Å²) in [5.74, 6) is 0.357. The molecule has 0 aliphatic heterocycles. The normalized spacial score (nSPS) is 17.3. The van der Waals surface area contributed by atoms with Crippen LogP contribution >= 0.6 is 15.9 Å². The fourth-order valence-corrected chi connectivity index (χ4v) is 3.29. The Morgan fingerprint density at radius 3 is 2.84 bits per heavy atom. The van der Waals surface area contributed by atoms with Crippen LogP contribution in [-0.4, -0.2) is 5.11 Å². The summed E-state index contributed by atoms with van der Waals surface area (Å²) >= 11 is 3.60. The number of phenolic OH excluding ortho intramolecular Hbond substituents is 1. The Morgan fingerprint density at radius 1 is 1.21 bits per heavy atom. The van der Waals surface area contributed by atoms with Crippen LogP contribution in [0.2, 0.25) is 0 Å². The van der Waals surface area contributed by atoms with E-state index in [1.165, 1.54) is 16.7 Å². The molecule has 2 nitrogen and oxygen atoms in total. The van der Waals surface area contributed by atoms with Crippen molar-refractivity contribution in [3.63, 3.8) is 0 Å². The molecule has 2 aromatic rings. The second-order valence-electron chi connectivity index (χ2n) is 5.10. The molecule has 1 unspecified atom stereocenters. The van der Waals surface area contributed by atoms with Gasteiger partial charge < -0.3 is 10.4 Å². The SMILES string of the molecule is Cc1ccc(NC2CCc3cc(O)ccc32)c(Br)c1. The molecule has 0 spiro atoms. The van der Waals surface area contributed by atoms with Gasteiger partial charge in [0.2, 0.25) is 0 Å². The Kier molecular flexibility index (Phi) is 3.23. The van der Waals surface area contributed by atoms with Gasteiger partial charge in [-0.3, -0.25) is 0 Å². The molecular weight excluding hydrogens is 302 g/mol. The predicted octanol–water partition coefficient (Wildman–Crippen LogP) is 4.56. The van der Waals surface area contributed by atoms with Crippen LogP contribution in [0.15, 0.2) is 40.9 Å². The molecule has 1 aliphatic rings. The number of phenols is 1. The minimum atomic E-state index is 0.328. The van der Waals surface area contributed by atoms with Crippen LogP contribution in [-0.2, 0) is 6.42 Å². The lowest BCUT2D eigenvalue weighted by Gasteiger charge is -2.17. The van der Waals surface area contributed by atoms with Crippen LogP contribution < -0.4 is 5.32 Å². The van der Waals surface area contributed by atoms with Crippen molar-refractivity contribution >= 4 is 21.6 Å². The van der Waals surface area contributed by atoms with Gasteiger partial charge in [-0.15, -0.1) is 0 Å². The second-order valence-corrected chi connectivity index (χ2v) is 5.96. The molecular formula is C16H16BrNO. The smallest absolute Gasteiger partial charge is 0.115 e. The lowest BCUT2D eigenvalue weighted by Crippen LogP contribution is -2.07. The summed E-state index contributed by atoms with van der Waals surface area (Å²) in [6, 6.07) is 12.3. The zero-order chi connectivity index (χ0) is 13.4. The largest absolute Gasteiger partial charge is 0.508 e. The minimum absolute atomic E-state index is 0.328. The van der Waals surface area contributed by atoms with Gasteiger partial charge in [0, 0.05) is 10.2 Å². The highest BCUT2D eigenvalue weighted by Gasteiger charge is 2.22. The fourth-order valence-electron chi connectivity index (χ4n) is 2.68. The van der Waals surface area contributed by atoms with Crippen molar-refractivity contribution in [1.29, 1.82) is 0 Å². The van der Waals surface area contributed by atoms with E-state index in [0.717, 1.165) is 23.0 Å². The first kappa shape index (κ1) is 12.5. The number of aromatic hydroxyl groups is 1. The van der Waals surface area contributed by atoms with Crippen molar-refractivity contribution in [3.8, 4) is 5.75 Å². The van der Waals surface area contributed by atoms with E-state index in [0.29, 0.717) is 11.8 Å². The van der Waals surface area contributed by atoms with Gasteiger partial charge in [0.1, 0.15) is 5.75 Å². The topological polar surface area (TPSA) is 32.3 Å². The van der Waals surface area contributed by atoms with Crippen molar-refractivity contribution < 1.29 is 5.11 Å². The maximum Gasteiger partial charge on any atom is 0.115 e. The summed E-state index contributed by atoms with van der Waals surface area (Å²) in [6.45, 7) is 2.09. The highest BCUT2D eigenvalue weighted by Crippen LogP contribution is 2.37. The Bertz CT molecular complexity index is 624. The zero-order valence-corrected chi connectivity index (χ0v) is 12.4. The van der Waals surface area contributed by atoms with Gasteiger partial charge >= 0.3 is 0 Å². The van der Waals surface area contributed by atoms with Gasteiger partial charge in [-0.05, 0) is 76.7 Å². The van der Waals surface area contributed by atoms with Gasteiger partial charge in [-0.25, -0.2) is 0 Å². The van der Waals surface area contributed by atoms with Crippen molar-refractivity contribution in [2.24, 2.45) is 0 Å². The molecule has 3 rings (SSSR count). The molecule has 2 N–H and O–H groups in total. The lowest BCUT2D eigenvalue weighted by molar-refractivity contribution is 0.474. The number of rotatable bonds is 2. The van der Waals surface area contributed by atoms with E-state index in [-0.39, 0.29) is 0 Å². The third kappa shape index (κ3) is 2.47. The quantitative estimate of drug-likeness (QED) is 0.850. The van der Waals surface area contributed by atoms with Crippen LogP contribution in [0, 0.1) is 6.92 Å². The van der Waals surface area contributed by atoms with Gasteiger partial charge in [-0.2, -0.15) is 0 Å². The standard InChI is InChI=1S/C16H16BrNO/c1-10-2-6-16(14(17)8-10)18-15-7-3-11-9-12(19)4-5-13(11)15/h2,4-6,8-9,15,18-19H,3,7H2,1H3. The second kappa shape index (κ2) is 4.89. The Hall–Kier alpha value is -1.48. The number of anilines is 1. The first-order chi connectivity index (χ1) is 9.13. The molecule has 1 atom stereocenters. The van der Waals surface area contributed by atoms with E-state index in [9.17, 15) is 5.11 Å². The molecule has 98 valence electrons. The highest BCUT2D eigenvalue weighted by atomic mass is 79.9. The Balaban J connectivity index is 1.86. The molecule has 0 saturated heterocycles. The summed E-state index contributed by atoms with van der Waals surface area (Å²) in [5.41, 5.74) is 4.91. The Morgan fingerprint density at radius 2 is 2.05 bits per heavy atom. The molecule has 0 saturated carbocycles. The maximum atomic E-state index is 9.52. The first-order valence-corrected chi connectivity index (χ1v) is 7.27. The van der Waals surface area contributed by atoms with Crippen LogP contribution in [0.1, 0.15) is 29.2 Å². The summed E-state index contributed by atoms with van der Waals surface area (Å²) in [7, 11) is 0. The van der Waals surface area contributed by atoms with Crippen LogP contribution in [0.3, 0.4) is 0 Å². The van der Waals surface area contributed by atoms with Crippen LogP contribution in [0.5, 0.6) is 5.75 Å². The predicted molar refractivity (Wildman–Crippen MR) is 81.7 cm³/mol. The summed E-state index contributed by atoms with van der Waals surface area (Å²) in [4.78, 5) is 0. The maximum absolute atomic E-state index is 9.52. The van der Waals surface area contributed by atoms with Gasteiger partial charge in [0.05, 0.1) is 6.04 Å². The van der Waals surface area contributed by atoms with E-state index >= 15 is 0 Å². The first-order valence-electron chi connectivity index (χ1n) is 6.48. The molecule has 1 aliphatic carbocycles. The molecule has 0 fully saturated rings. The van der Waals surface area contributed by atoms with Crippen LogP contribution in [0.25, 0.3) is 0 Å². The molecule has 0 heterocycles. The number of benzene rings is 2. The third-order valence-corrected chi connectivity index (χ3v) is 4.31. The molecule has 3 heteroatoms. The van der Waals surface area contributed by atoms with E-state index in [4.69, 9.17) is 0 Å². The molecule has 0 aromatic heterocycles. The van der Waals surface area contributed by atoms with Crippen LogP contribution in [0.4, 0.5) is 5.69 Å². The molecule has 2 aromatic carbocycles.